The zero-order chi connectivity index (χ0) is 31.2. The molecule has 45 heavy (non-hydrogen) atoms. The van der Waals surface area contributed by atoms with Crippen LogP contribution in [0.1, 0.15) is 148 Å². The van der Waals surface area contributed by atoms with E-state index >= 15 is 0 Å². The van der Waals surface area contributed by atoms with Crippen LogP contribution in [-0.4, -0.2) is 23.6 Å². The van der Waals surface area contributed by atoms with E-state index in [1.165, 1.54) is 108 Å². The van der Waals surface area contributed by atoms with Crippen molar-refractivity contribution >= 4 is 7.25 Å². The maximum Gasteiger partial charge on any atom is 0.673 e. The van der Waals surface area contributed by atoms with Gasteiger partial charge in [0.2, 0.25) is 6.33 Å². The first-order valence-corrected chi connectivity index (χ1v) is 17.5. The van der Waals surface area contributed by atoms with Gasteiger partial charge in [-0.25, -0.2) is 4.57 Å². The Labute approximate surface area is 265 Å². The Morgan fingerprint density at radius 2 is 1.24 bits per heavy atom. The molecular weight excluding hydrogens is 577 g/mol. The van der Waals surface area contributed by atoms with Gasteiger partial charge in [-0.3, -0.25) is 0 Å². The van der Waals surface area contributed by atoms with Crippen LogP contribution in [0.2, 0.25) is 0 Å². The second-order valence-corrected chi connectivity index (χ2v) is 13.8. The largest absolute Gasteiger partial charge is 0.673 e. The first kappa shape index (κ1) is 32.3. The molecule has 3 saturated carbocycles. The first-order valence-electron chi connectivity index (χ1n) is 17.5. The molecule has 0 spiro atoms. The molecule has 2 aromatic carbocycles. The Bertz CT molecular complexity index is 1330. The Balaban J connectivity index is 0.000000664. The Morgan fingerprint density at radius 3 is 1.78 bits per heavy atom. The monoisotopic (exact) mass is 625 g/mol. The van der Waals surface area contributed by atoms with E-state index in [1.807, 2.05) is 0 Å². The highest BCUT2D eigenvalue weighted by Crippen LogP contribution is 2.45. The quantitative estimate of drug-likeness (QED) is 0.155. The molecule has 4 aliphatic rings. The number of benzene rings is 2. The molecule has 3 aromatic rings. The molecule has 9 heteroatoms. The SMILES string of the molecule is F[B-](F)(F)F.c1ccc(C[C@H]2COCc3nn(-c4c(C5CCCCC5)cc(C5CCCCC5)cc4C4CCCCC4)c[n+]32)cc1. The van der Waals surface area contributed by atoms with Crippen molar-refractivity contribution in [2.75, 3.05) is 6.61 Å². The van der Waals surface area contributed by atoms with Gasteiger partial charge in [0, 0.05) is 11.5 Å². The highest BCUT2D eigenvalue weighted by atomic mass is 19.5. The highest BCUT2D eigenvalue weighted by molar-refractivity contribution is 6.50. The molecule has 1 aliphatic heterocycles. The molecule has 4 nitrogen and oxygen atoms in total. The van der Waals surface area contributed by atoms with Gasteiger partial charge in [0.05, 0.1) is 6.61 Å². The molecule has 0 unspecified atom stereocenters. The molecule has 0 saturated heterocycles. The van der Waals surface area contributed by atoms with Crippen molar-refractivity contribution in [1.29, 1.82) is 0 Å². The fraction of sp³-hybridized carbons (Fsp3) is 0.611. The van der Waals surface area contributed by atoms with Gasteiger partial charge in [-0.1, -0.05) is 105 Å². The van der Waals surface area contributed by atoms with Crippen LogP contribution in [0, 0.1) is 0 Å². The topological polar surface area (TPSA) is 30.9 Å². The summed E-state index contributed by atoms with van der Waals surface area (Å²) >= 11 is 0. The van der Waals surface area contributed by atoms with Crippen LogP contribution in [-0.2, 0) is 17.8 Å². The van der Waals surface area contributed by atoms with Crippen LogP contribution < -0.4 is 4.57 Å². The van der Waals surface area contributed by atoms with Gasteiger partial charge >= 0.3 is 13.1 Å². The Kier molecular flexibility index (Phi) is 10.6. The summed E-state index contributed by atoms with van der Waals surface area (Å²) in [5, 5.41) is 5.32. The average molecular weight is 626 g/mol. The zero-order valence-corrected chi connectivity index (χ0v) is 26.5. The number of fused-ring (bicyclic) bond motifs is 1. The van der Waals surface area contributed by atoms with Crippen molar-refractivity contribution in [3.05, 3.63) is 76.9 Å². The number of nitrogens with zero attached hydrogens (tertiary/aromatic N) is 3. The number of halogens is 4. The van der Waals surface area contributed by atoms with Crippen LogP contribution in [0.4, 0.5) is 17.3 Å². The van der Waals surface area contributed by atoms with Gasteiger partial charge in [-0.05, 0) is 78.5 Å². The lowest BCUT2D eigenvalue weighted by Crippen LogP contribution is -2.48. The minimum atomic E-state index is -6.00. The van der Waals surface area contributed by atoms with E-state index in [-0.39, 0.29) is 6.04 Å². The third-order valence-electron chi connectivity index (χ3n) is 10.6. The van der Waals surface area contributed by atoms with Crippen LogP contribution in [0.15, 0.2) is 48.8 Å². The molecule has 0 N–H and O–H groups in total. The number of rotatable bonds is 6. The maximum atomic E-state index is 9.75. The second kappa shape index (κ2) is 14.8. The van der Waals surface area contributed by atoms with Crippen molar-refractivity contribution in [3.8, 4) is 5.69 Å². The highest BCUT2D eigenvalue weighted by Gasteiger charge is 2.35. The summed E-state index contributed by atoms with van der Waals surface area (Å²) in [6, 6.07) is 16.5. The predicted octanol–water partition coefficient (Wildman–Crippen LogP) is 9.92. The lowest BCUT2D eigenvalue weighted by atomic mass is 9.75. The molecule has 0 amide bonds. The van der Waals surface area contributed by atoms with Crippen LogP contribution >= 0.6 is 0 Å². The summed E-state index contributed by atoms with van der Waals surface area (Å²) in [5.41, 5.74) is 7.69. The Hall–Kier alpha value is -2.68. The molecule has 3 aliphatic carbocycles. The number of aromatic nitrogens is 3. The van der Waals surface area contributed by atoms with E-state index in [0.717, 1.165) is 24.8 Å². The maximum absolute atomic E-state index is 9.75. The molecule has 244 valence electrons. The molecule has 1 aromatic heterocycles. The minimum absolute atomic E-state index is 0.290. The molecule has 0 bridgehead atoms. The van der Waals surface area contributed by atoms with E-state index in [0.29, 0.717) is 18.4 Å². The third kappa shape index (κ3) is 8.38. The molecule has 7 rings (SSSR count). The first-order chi connectivity index (χ1) is 21.8. The van der Waals surface area contributed by atoms with E-state index in [1.54, 1.807) is 16.7 Å². The lowest BCUT2D eigenvalue weighted by molar-refractivity contribution is -0.742. The van der Waals surface area contributed by atoms with Gasteiger partial charge in [-0.15, -0.1) is 0 Å². The summed E-state index contributed by atoms with van der Waals surface area (Å²) in [5.74, 6) is 3.15. The molecule has 0 radical (unpaired) electrons. The molecule has 2 heterocycles. The van der Waals surface area contributed by atoms with Crippen LogP contribution in [0.3, 0.4) is 0 Å². The average Bonchev–Trinajstić information content (AvgIpc) is 3.50. The zero-order valence-electron chi connectivity index (χ0n) is 26.5. The van der Waals surface area contributed by atoms with E-state index in [9.17, 15) is 17.3 Å². The van der Waals surface area contributed by atoms with Crippen molar-refractivity contribution < 1.29 is 26.6 Å². The van der Waals surface area contributed by atoms with Crippen LogP contribution in [0.5, 0.6) is 0 Å². The summed E-state index contributed by atoms with van der Waals surface area (Å²) < 4.78 is 49.9. The standard InChI is InChI=1S/C36H48N3O.BF4/c1-5-13-27(14-6-1)21-32-24-40-25-35-37-39(26-38(32)35)36-33(29-17-9-3-10-18-29)22-31(28-15-7-2-8-16-28)23-34(36)30-19-11-4-12-20-30;2-1(3,4)5/h1,5-6,13-14,22-23,26,28-30,32H,2-4,7-12,15-21,24-25H2;/q+1;-1/t32-;/m0./s1. The number of hydrogen-bond acceptors (Lipinski definition) is 2. The van der Waals surface area contributed by atoms with Crippen molar-refractivity contribution in [1.82, 2.24) is 9.78 Å². The number of hydrogen-bond donors (Lipinski definition) is 0. The van der Waals surface area contributed by atoms with Gasteiger partial charge in [-0.2, -0.15) is 0 Å². The van der Waals surface area contributed by atoms with E-state index in [4.69, 9.17) is 9.84 Å². The Morgan fingerprint density at radius 1 is 0.733 bits per heavy atom. The summed E-state index contributed by atoms with van der Waals surface area (Å²) in [4.78, 5) is 0. The third-order valence-corrected chi connectivity index (χ3v) is 10.6. The van der Waals surface area contributed by atoms with Gasteiger partial charge in [0.25, 0.3) is 0 Å². The predicted molar refractivity (Wildman–Crippen MR) is 170 cm³/mol. The molecule has 1 atom stereocenters. The second-order valence-electron chi connectivity index (χ2n) is 13.8. The fourth-order valence-corrected chi connectivity index (χ4v) is 8.40. The van der Waals surface area contributed by atoms with Crippen molar-refractivity contribution in [2.45, 2.75) is 133 Å². The van der Waals surface area contributed by atoms with E-state index in [2.05, 4.69) is 58.0 Å². The smallest absolute Gasteiger partial charge is 0.418 e. The fourth-order valence-electron chi connectivity index (χ4n) is 8.40. The minimum Gasteiger partial charge on any atom is -0.418 e. The molecule has 3 fully saturated rings. The van der Waals surface area contributed by atoms with Gasteiger partial charge in [0.1, 0.15) is 18.3 Å². The van der Waals surface area contributed by atoms with Crippen molar-refractivity contribution in [2.24, 2.45) is 0 Å². The van der Waals surface area contributed by atoms with Crippen LogP contribution in [0.25, 0.3) is 5.69 Å². The summed E-state index contributed by atoms with van der Waals surface area (Å²) in [6.07, 6.45) is 23.9. The summed E-state index contributed by atoms with van der Waals surface area (Å²) in [6.45, 7) is 1.36. The molecular formula is C36H48BF4N3O. The normalized spacial score (nSPS) is 22.0. The lowest BCUT2D eigenvalue weighted by Gasteiger charge is -2.31. The number of ether oxygens (including phenoxy) is 1. The van der Waals surface area contributed by atoms with Gasteiger partial charge < -0.3 is 22.0 Å². The van der Waals surface area contributed by atoms with Gasteiger partial charge in [0.15, 0.2) is 0 Å². The van der Waals surface area contributed by atoms with Crippen molar-refractivity contribution in [3.63, 3.8) is 0 Å². The summed E-state index contributed by atoms with van der Waals surface area (Å²) in [7, 11) is -6.00. The van der Waals surface area contributed by atoms with E-state index < -0.39 is 7.25 Å².